The summed E-state index contributed by atoms with van der Waals surface area (Å²) in [6, 6.07) is 14.3. The highest BCUT2D eigenvalue weighted by Gasteiger charge is 2.26. The van der Waals surface area contributed by atoms with Gasteiger partial charge in [0.1, 0.15) is 11.8 Å². The molecule has 0 aliphatic heterocycles. The Bertz CT molecular complexity index is 1270. The number of hydrogen-bond donors (Lipinski definition) is 3. The van der Waals surface area contributed by atoms with Crippen molar-refractivity contribution in [2.45, 2.75) is 39.8 Å². The molecule has 0 saturated carbocycles. The van der Waals surface area contributed by atoms with Crippen LogP contribution in [0.25, 0.3) is 10.8 Å². The lowest BCUT2D eigenvalue weighted by Crippen LogP contribution is -2.55. The molecule has 1 heterocycles. The van der Waals surface area contributed by atoms with E-state index < -0.39 is 23.8 Å². The number of carbonyl (C=O) groups excluding carboxylic acids is 3. The number of fused-ring (bicyclic) bond motifs is 1. The maximum atomic E-state index is 12.9. The Morgan fingerprint density at radius 2 is 1.54 bits per heavy atom. The van der Waals surface area contributed by atoms with Crippen molar-refractivity contribution >= 4 is 28.5 Å². The SMILES string of the molecule is CC(C)C(NC(=O)COc1ccccc1)C(=O)NNC(=O)c1nn(C(C)C)c(=O)c2ccccc12. The summed E-state index contributed by atoms with van der Waals surface area (Å²) in [6.07, 6.45) is 0. The van der Waals surface area contributed by atoms with E-state index in [0.29, 0.717) is 16.5 Å². The number of nitrogens with one attached hydrogen (secondary N) is 3. The van der Waals surface area contributed by atoms with Crippen LogP contribution in [0.4, 0.5) is 0 Å². The lowest BCUT2D eigenvalue weighted by atomic mass is 10.0. The zero-order valence-corrected chi connectivity index (χ0v) is 20.1. The summed E-state index contributed by atoms with van der Waals surface area (Å²) in [5, 5.41) is 7.55. The van der Waals surface area contributed by atoms with Gasteiger partial charge in [-0.2, -0.15) is 5.10 Å². The molecular weight excluding hydrogens is 450 g/mol. The molecule has 10 nitrogen and oxygen atoms in total. The molecule has 0 aliphatic rings. The van der Waals surface area contributed by atoms with Crippen LogP contribution < -0.4 is 26.5 Å². The van der Waals surface area contributed by atoms with Gasteiger partial charge in [-0.25, -0.2) is 4.68 Å². The number of aromatic nitrogens is 2. The van der Waals surface area contributed by atoms with Gasteiger partial charge < -0.3 is 10.1 Å². The number of ether oxygens (including phenoxy) is 1. The molecule has 3 amide bonds. The third kappa shape index (κ3) is 6.23. The van der Waals surface area contributed by atoms with Gasteiger partial charge in [-0.05, 0) is 38.0 Å². The van der Waals surface area contributed by atoms with E-state index in [1.54, 1.807) is 76.2 Å². The summed E-state index contributed by atoms with van der Waals surface area (Å²) in [6.45, 7) is 6.82. The minimum Gasteiger partial charge on any atom is -0.484 e. The van der Waals surface area contributed by atoms with E-state index in [2.05, 4.69) is 21.3 Å². The van der Waals surface area contributed by atoms with Crippen LogP contribution in [0.3, 0.4) is 0 Å². The predicted molar refractivity (Wildman–Crippen MR) is 131 cm³/mol. The highest BCUT2D eigenvalue weighted by atomic mass is 16.5. The molecule has 35 heavy (non-hydrogen) atoms. The first-order chi connectivity index (χ1) is 16.7. The van der Waals surface area contributed by atoms with E-state index in [-0.39, 0.29) is 29.8 Å². The molecule has 10 heteroatoms. The highest BCUT2D eigenvalue weighted by molar-refractivity contribution is 6.05. The zero-order valence-electron chi connectivity index (χ0n) is 20.1. The van der Waals surface area contributed by atoms with Crippen LogP contribution in [-0.4, -0.2) is 40.2 Å². The monoisotopic (exact) mass is 479 g/mol. The van der Waals surface area contributed by atoms with Gasteiger partial charge in [0.05, 0.1) is 11.4 Å². The van der Waals surface area contributed by atoms with Crippen molar-refractivity contribution in [3.8, 4) is 5.75 Å². The molecule has 3 aromatic rings. The van der Waals surface area contributed by atoms with Crippen LogP contribution >= 0.6 is 0 Å². The molecular formula is C25H29N5O5. The van der Waals surface area contributed by atoms with Gasteiger partial charge in [0.25, 0.3) is 23.3 Å². The van der Waals surface area contributed by atoms with Crippen molar-refractivity contribution < 1.29 is 19.1 Å². The number of hydrogen-bond acceptors (Lipinski definition) is 6. The van der Waals surface area contributed by atoms with Gasteiger partial charge in [0, 0.05) is 5.39 Å². The Hall–Kier alpha value is -4.21. The Kier molecular flexibility index (Phi) is 8.19. The molecule has 0 bridgehead atoms. The predicted octanol–water partition coefficient (Wildman–Crippen LogP) is 1.96. The van der Waals surface area contributed by atoms with E-state index in [1.807, 2.05) is 6.07 Å². The number of hydrazine groups is 1. The summed E-state index contributed by atoms with van der Waals surface area (Å²) in [7, 11) is 0. The summed E-state index contributed by atoms with van der Waals surface area (Å²) in [4.78, 5) is 50.7. The Balaban J connectivity index is 1.68. The highest BCUT2D eigenvalue weighted by Crippen LogP contribution is 2.14. The lowest BCUT2D eigenvalue weighted by Gasteiger charge is -2.22. The third-order valence-electron chi connectivity index (χ3n) is 5.21. The van der Waals surface area contributed by atoms with Crippen molar-refractivity contribution in [1.82, 2.24) is 25.9 Å². The number of nitrogens with zero attached hydrogens (tertiary/aromatic N) is 2. The quantitative estimate of drug-likeness (QED) is 0.423. The average molecular weight is 480 g/mol. The van der Waals surface area contributed by atoms with Gasteiger partial charge in [-0.1, -0.05) is 50.2 Å². The van der Waals surface area contributed by atoms with Crippen molar-refractivity contribution in [3.05, 3.63) is 70.6 Å². The van der Waals surface area contributed by atoms with Crippen molar-refractivity contribution in [1.29, 1.82) is 0 Å². The fourth-order valence-corrected chi connectivity index (χ4v) is 3.40. The second-order valence-electron chi connectivity index (χ2n) is 8.57. The van der Waals surface area contributed by atoms with Crippen molar-refractivity contribution in [2.75, 3.05) is 6.61 Å². The maximum Gasteiger partial charge on any atom is 0.290 e. The molecule has 0 saturated heterocycles. The molecule has 0 aliphatic carbocycles. The van der Waals surface area contributed by atoms with Crippen LogP contribution in [0.15, 0.2) is 59.4 Å². The van der Waals surface area contributed by atoms with Crippen LogP contribution in [0.2, 0.25) is 0 Å². The summed E-state index contributed by atoms with van der Waals surface area (Å²) < 4.78 is 6.64. The summed E-state index contributed by atoms with van der Waals surface area (Å²) in [5.74, 6) is -1.52. The molecule has 3 N–H and O–H groups in total. The van der Waals surface area contributed by atoms with Gasteiger partial charge >= 0.3 is 0 Å². The smallest absolute Gasteiger partial charge is 0.290 e. The molecule has 184 valence electrons. The number of para-hydroxylation sites is 1. The fraction of sp³-hybridized carbons (Fsp3) is 0.320. The molecule has 0 spiro atoms. The van der Waals surface area contributed by atoms with Crippen LogP contribution in [0.1, 0.15) is 44.2 Å². The third-order valence-corrected chi connectivity index (χ3v) is 5.21. The van der Waals surface area contributed by atoms with Gasteiger partial charge in [-0.15, -0.1) is 0 Å². The normalized spacial score (nSPS) is 11.8. The molecule has 1 atom stereocenters. The molecule has 1 unspecified atom stereocenters. The van der Waals surface area contributed by atoms with Crippen molar-refractivity contribution in [2.24, 2.45) is 5.92 Å². The van der Waals surface area contributed by atoms with Crippen LogP contribution in [0.5, 0.6) is 5.75 Å². The van der Waals surface area contributed by atoms with Gasteiger partial charge in [-0.3, -0.25) is 30.0 Å². The molecule has 2 aromatic carbocycles. The summed E-state index contributed by atoms with van der Waals surface area (Å²) in [5.41, 5.74) is 4.38. The zero-order chi connectivity index (χ0) is 25.5. The molecule has 0 radical (unpaired) electrons. The number of amides is 3. The van der Waals surface area contributed by atoms with Crippen molar-refractivity contribution in [3.63, 3.8) is 0 Å². The second kappa shape index (κ2) is 11.3. The standard InChI is InChI=1S/C25H29N5O5/c1-15(2)21(26-20(31)14-35-17-10-6-5-7-11-17)23(32)27-28-24(33)22-18-12-8-9-13-19(18)25(34)30(29-22)16(3)4/h5-13,15-16,21H,14H2,1-4H3,(H,26,31)(H,27,32)(H,28,33). The van der Waals surface area contributed by atoms with E-state index in [9.17, 15) is 19.2 Å². The minimum absolute atomic E-state index is 0.00408. The second-order valence-corrected chi connectivity index (χ2v) is 8.57. The Morgan fingerprint density at radius 1 is 0.914 bits per heavy atom. The first kappa shape index (κ1) is 25.4. The molecule has 1 aromatic heterocycles. The van der Waals surface area contributed by atoms with Gasteiger partial charge in [0.2, 0.25) is 0 Å². The Morgan fingerprint density at radius 3 is 2.17 bits per heavy atom. The van der Waals surface area contributed by atoms with E-state index in [0.717, 1.165) is 0 Å². The summed E-state index contributed by atoms with van der Waals surface area (Å²) >= 11 is 0. The maximum absolute atomic E-state index is 12.9. The largest absolute Gasteiger partial charge is 0.484 e. The fourth-order valence-electron chi connectivity index (χ4n) is 3.40. The molecule has 3 rings (SSSR count). The topological polar surface area (TPSA) is 131 Å². The minimum atomic E-state index is -0.920. The van der Waals surface area contributed by atoms with E-state index >= 15 is 0 Å². The number of rotatable bonds is 8. The first-order valence-corrected chi connectivity index (χ1v) is 11.3. The van der Waals surface area contributed by atoms with Gasteiger partial charge in [0.15, 0.2) is 12.3 Å². The first-order valence-electron chi connectivity index (χ1n) is 11.3. The lowest BCUT2D eigenvalue weighted by molar-refractivity contribution is -0.131. The Labute approximate surface area is 202 Å². The van der Waals surface area contributed by atoms with Crippen LogP contribution in [-0.2, 0) is 9.59 Å². The average Bonchev–Trinajstić information content (AvgIpc) is 2.85. The van der Waals surface area contributed by atoms with E-state index in [1.165, 1.54) is 4.68 Å². The van der Waals surface area contributed by atoms with Crippen LogP contribution in [0, 0.1) is 5.92 Å². The van der Waals surface area contributed by atoms with E-state index in [4.69, 9.17) is 4.74 Å². The number of carbonyl (C=O) groups is 3. The number of benzene rings is 2. The molecule has 0 fully saturated rings.